The third-order valence-corrected chi connectivity index (χ3v) is 4.82. The number of carbonyl (C=O) groups is 1. The summed E-state index contributed by atoms with van der Waals surface area (Å²) in [5.41, 5.74) is 11.9. The minimum Gasteiger partial charge on any atom is -0.478 e. The van der Waals surface area contributed by atoms with Crippen molar-refractivity contribution in [3.63, 3.8) is 0 Å². The molecule has 0 fully saturated rings. The summed E-state index contributed by atoms with van der Waals surface area (Å²) in [7, 11) is 0. The lowest BCUT2D eigenvalue weighted by molar-refractivity contribution is -0.114. The summed E-state index contributed by atoms with van der Waals surface area (Å²) in [6, 6.07) is 7.59. The van der Waals surface area contributed by atoms with Crippen LogP contribution in [0.5, 0.6) is 5.88 Å². The van der Waals surface area contributed by atoms with Crippen LogP contribution in [-0.2, 0) is 4.79 Å². The molecule has 2 aromatic rings. The van der Waals surface area contributed by atoms with E-state index >= 15 is 0 Å². The zero-order valence-corrected chi connectivity index (χ0v) is 15.9. The first-order valence-electron chi connectivity index (χ1n) is 8.79. The number of hydrogen-bond acceptors (Lipinski definition) is 5. The Hall–Kier alpha value is -3.33. The fourth-order valence-electron chi connectivity index (χ4n) is 3.62. The summed E-state index contributed by atoms with van der Waals surface area (Å²) in [5.74, 6) is -0.436. The number of benzene rings is 1. The van der Waals surface area contributed by atoms with Crippen LogP contribution in [0.2, 0.25) is 0 Å². The number of nitrogens with one attached hydrogen (secondary N) is 1. The highest BCUT2D eigenvalue weighted by molar-refractivity contribution is 5.98. The average Bonchev–Trinajstić information content (AvgIpc) is 2.63. The molecule has 1 amide bonds. The van der Waals surface area contributed by atoms with Crippen LogP contribution < -0.4 is 15.8 Å². The van der Waals surface area contributed by atoms with Crippen molar-refractivity contribution in [2.24, 2.45) is 5.73 Å². The fraction of sp³-hybridized carbons (Fsp3) is 0.286. The number of aromatic nitrogens is 1. The molecular formula is C21H22N4O2. The molecule has 1 atom stereocenters. The van der Waals surface area contributed by atoms with Crippen LogP contribution in [0, 0.1) is 25.2 Å². The fourth-order valence-corrected chi connectivity index (χ4v) is 3.62. The molecule has 6 nitrogen and oxygen atoms in total. The number of nitriles is 1. The number of nitrogens with two attached hydrogens (primary N) is 1. The van der Waals surface area contributed by atoms with E-state index in [-0.39, 0.29) is 0 Å². The van der Waals surface area contributed by atoms with E-state index < -0.39 is 11.8 Å². The van der Waals surface area contributed by atoms with E-state index in [2.05, 4.69) is 16.4 Å². The van der Waals surface area contributed by atoms with Gasteiger partial charge in [0.1, 0.15) is 0 Å². The smallest absolute Gasteiger partial charge is 0.247 e. The number of hydrogen-bond donors (Lipinski definition) is 2. The van der Waals surface area contributed by atoms with E-state index in [1.807, 2.05) is 39.8 Å². The van der Waals surface area contributed by atoms with Crippen LogP contribution in [0.1, 0.15) is 47.6 Å². The molecule has 0 radical (unpaired) electrons. The first-order valence-corrected chi connectivity index (χ1v) is 8.79. The molecule has 1 aliphatic heterocycles. The van der Waals surface area contributed by atoms with E-state index in [1.165, 1.54) is 0 Å². The maximum Gasteiger partial charge on any atom is 0.247 e. The molecule has 6 heteroatoms. The second-order valence-electron chi connectivity index (χ2n) is 6.61. The third kappa shape index (κ3) is 3.13. The Balaban J connectivity index is 2.35. The number of allylic oxidation sites excluding steroid dienone is 1. The van der Waals surface area contributed by atoms with Crippen molar-refractivity contribution in [1.82, 2.24) is 4.98 Å². The predicted octanol–water partition coefficient (Wildman–Crippen LogP) is 3.29. The maximum absolute atomic E-state index is 12.4. The van der Waals surface area contributed by atoms with Crippen molar-refractivity contribution < 1.29 is 9.53 Å². The predicted molar refractivity (Wildman–Crippen MR) is 103 cm³/mol. The van der Waals surface area contributed by atoms with Gasteiger partial charge in [0, 0.05) is 23.4 Å². The largest absolute Gasteiger partial charge is 0.478 e. The van der Waals surface area contributed by atoms with Gasteiger partial charge in [0.25, 0.3) is 0 Å². The Morgan fingerprint density at radius 2 is 2.07 bits per heavy atom. The highest BCUT2D eigenvalue weighted by atomic mass is 16.5. The average molecular weight is 362 g/mol. The molecule has 1 aliphatic rings. The molecular weight excluding hydrogens is 340 g/mol. The number of ether oxygens (including phenoxy) is 1. The molecule has 1 aromatic heterocycles. The molecule has 2 heterocycles. The van der Waals surface area contributed by atoms with Crippen molar-refractivity contribution >= 4 is 11.6 Å². The second kappa shape index (κ2) is 7.12. The van der Waals surface area contributed by atoms with Gasteiger partial charge in [0.2, 0.25) is 11.8 Å². The zero-order chi connectivity index (χ0) is 19.7. The Bertz CT molecular complexity index is 1000. The van der Waals surface area contributed by atoms with Gasteiger partial charge >= 0.3 is 0 Å². The van der Waals surface area contributed by atoms with Crippen LogP contribution in [0.3, 0.4) is 0 Å². The third-order valence-electron chi connectivity index (χ3n) is 4.82. The molecule has 0 aliphatic carbocycles. The van der Waals surface area contributed by atoms with Gasteiger partial charge in [-0.15, -0.1) is 0 Å². The highest BCUT2D eigenvalue weighted by Crippen LogP contribution is 2.47. The summed E-state index contributed by atoms with van der Waals surface area (Å²) in [6.07, 6.45) is 1.75. The monoisotopic (exact) mass is 362 g/mol. The van der Waals surface area contributed by atoms with Gasteiger partial charge < -0.3 is 15.8 Å². The first kappa shape index (κ1) is 18.5. The van der Waals surface area contributed by atoms with Gasteiger partial charge in [-0.2, -0.15) is 5.26 Å². The Labute approximate surface area is 158 Å². The number of aryl methyl sites for hydroxylation is 2. The SMILES string of the molecule is CCOc1ncc(C)c2c1[C@H](c1ccc(C#N)cc1C)C(C(N)=O)=C(C)N2. The van der Waals surface area contributed by atoms with Crippen molar-refractivity contribution in [3.8, 4) is 11.9 Å². The topological polar surface area (TPSA) is 101 Å². The lowest BCUT2D eigenvalue weighted by atomic mass is 9.78. The van der Waals surface area contributed by atoms with Gasteiger partial charge in [-0.1, -0.05) is 6.07 Å². The van der Waals surface area contributed by atoms with E-state index in [4.69, 9.17) is 10.5 Å². The Morgan fingerprint density at radius 1 is 1.33 bits per heavy atom. The highest BCUT2D eigenvalue weighted by Gasteiger charge is 2.36. The summed E-state index contributed by atoms with van der Waals surface area (Å²) >= 11 is 0. The number of nitrogens with zero attached hydrogens (tertiary/aromatic N) is 2. The van der Waals surface area contributed by atoms with Crippen molar-refractivity contribution in [1.29, 1.82) is 5.26 Å². The molecule has 0 spiro atoms. The molecule has 0 bridgehead atoms. The summed E-state index contributed by atoms with van der Waals surface area (Å²) in [4.78, 5) is 16.8. The van der Waals surface area contributed by atoms with Gasteiger partial charge in [-0.25, -0.2) is 4.98 Å². The van der Waals surface area contributed by atoms with Crippen LogP contribution in [0.15, 0.2) is 35.7 Å². The van der Waals surface area contributed by atoms with Crippen LogP contribution in [-0.4, -0.2) is 17.5 Å². The minimum atomic E-state index is -0.497. The van der Waals surface area contributed by atoms with Gasteiger partial charge in [0.05, 0.1) is 29.5 Å². The number of carbonyl (C=O) groups excluding carboxylic acids is 1. The van der Waals surface area contributed by atoms with Crippen molar-refractivity contribution in [2.45, 2.75) is 33.6 Å². The van der Waals surface area contributed by atoms with E-state index in [1.54, 1.807) is 12.3 Å². The number of fused-ring (bicyclic) bond motifs is 1. The molecule has 3 rings (SSSR count). The maximum atomic E-state index is 12.4. The standard InChI is InChI=1S/C21H22N4O2/c1-5-27-21-18-17(15-7-6-14(9-22)8-11(15)2)16(20(23)26)13(4)25-19(18)12(3)10-24-21/h6-8,10,17,25H,5H2,1-4H3,(H2,23,26)/t17-/m1/s1. The lowest BCUT2D eigenvalue weighted by Gasteiger charge is -2.32. The van der Waals surface area contributed by atoms with E-state index in [0.717, 1.165) is 27.9 Å². The minimum absolute atomic E-state index is 0.416. The Morgan fingerprint density at radius 3 is 2.67 bits per heavy atom. The van der Waals surface area contributed by atoms with Crippen LogP contribution in [0.4, 0.5) is 5.69 Å². The van der Waals surface area contributed by atoms with Crippen LogP contribution in [0.25, 0.3) is 0 Å². The number of primary amides is 1. The second-order valence-corrected chi connectivity index (χ2v) is 6.61. The van der Waals surface area contributed by atoms with E-state index in [0.29, 0.717) is 29.3 Å². The quantitative estimate of drug-likeness (QED) is 0.869. The zero-order valence-electron chi connectivity index (χ0n) is 15.9. The summed E-state index contributed by atoms with van der Waals surface area (Å²) < 4.78 is 5.78. The lowest BCUT2D eigenvalue weighted by Crippen LogP contribution is -2.29. The summed E-state index contributed by atoms with van der Waals surface area (Å²) in [6.45, 7) is 8.07. The number of pyridine rings is 1. The van der Waals surface area contributed by atoms with E-state index in [9.17, 15) is 10.1 Å². The molecule has 3 N–H and O–H groups in total. The summed E-state index contributed by atoms with van der Waals surface area (Å²) in [5, 5.41) is 12.5. The number of rotatable bonds is 4. The molecule has 0 saturated heterocycles. The normalized spacial score (nSPS) is 15.6. The first-order chi connectivity index (χ1) is 12.9. The van der Waals surface area contributed by atoms with Gasteiger partial charge in [-0.3, -0.25) is 4.79 Å². The van der Waals surface area contributed by atoms with Crippen molar-refractivity contribution in [3.05, 3.63) is 63.5 Å². The number of anilines is 1. The molecule has 1 aromatic carbocycles. The Kier molecular flexibility index (Phi) is 4.87. The number of amides is 1. The molecule has 138 valence electrons. The van der Waals surface area contributed by atoms with Crippen molar-refractivity contribution in [2.75, 3.05) is 11.9 Å². The molecule has 27 heavy (non-hydrogen) atoms. The molecule has 0 saturated carbocycles. The van der Waals surface area contributed by atoms with Gasteiger partial charge in [-0.05, 0) is 56.5 Å². The van der Waals surface area contributed by atoms with Crippen LogP contribution >= 0.6 is 0 Å². The van der Waals surface area contributed by atoms with Gasteiger partial charge in [0.15, 0.2) is 0 Å². The molecule has 0 unspecified atom stereocenters.